The third kappa shape index (κ3) is 3.19. The highest BCUT2D eigenvalue weighted by molar-refractivity contribution is 6.24. The number of aromatic hydroxyl groups is 1. The first kappa shape index (κ1) is 24.0. The lowest BCUT2D eigenvalue weighted by Crippen LogP contribution is -2.68. The van der Waals surface area contributed by atoms with Gasteiger partial charge in [-0.1, -0.05) is 12.1 Å². The van der Waals surface area contributed by atoms with Crippen LogP contribution in [0.3, 0.4) is 0 Å². The van der Waals surface area contributed by atoms with Gasteiger partial charge in [0.05, 0.1) is 11.6 Å². The van der Waals surface area contributed by atoms with Crippen molar-refractivity contribution in [3.63, 3.8) is 0 Å². The molecule has 1 saturated heterocycles. The van der Waals surface area contributed by atoms with E-state index < -0.39 is 58.0 Å². The quantitative estimate of drug-likeness (QED) is 0.339. The lowest BCUT2D eigenvalue weighted by Gasteiger charge is -2.52. The van der Waals surface area contributed by atoms with Gasteiger partial charge in [-0.05, 0) is 30.4 Å². The van der Waals surface area contributed by atoms with Crippen LogP contribution in [0.15, 0.2) is 35.1 Å². The van der Waals surface area contributed by atoms with E-state index in [-0.39, 0.29) is 48.7 Å². The Morgan fingerprint density at radius 1 is 1.08 bits per heavy atom. The fraction of sp³-hybridized carbons (Fsp3) is 0.440. The molecule has 1 saturated carbocycles. The number of Topliss-reactive ketones (excluding diaryl/α,β-unsaturated/α-hetero) is 2. The molecule has 1 heterocycles. The van der Waals surface area contributed by atoms with E-state index in [0.717, 1.165) is 0 Å². The molecule has 4 atom stereocenters. The average Bonchev–Trinajstić information content (AvgIpc) is 2.81. The number of phenols is 1. The number of primary amides is 1. The van der Waals surface area contributed by atoms with Crippen LogP contribution in [0.5, 0.6) is 5.75 Å². The molecule has 0 aromatic heterocycles. The van der Waals surface area contributed by atoms with Gasteiger partial charge in [0.2, 0.25) is 11.7 Å². The van der Waals surface area contributed by atoms with E-state index in [4.69, 9.17) is 5.73 Å². The summed E-state index contributed by atoms with van der Waals surface area (Å²) in [6.45, 7) is 2.55. The van der Waals surface area contributed by atoms with Crippen LogP contribution in [0, 0.1) is 11.8 Å². The van der Waals surface area contributed by atoms with E-state index in [0.29, 0.717) is 18.7 Å². The predicted molar refractivity (Wildman–Crippen MR) is 124 cm³/mol. The second-order valence-corrected chi connectivity index (χ2v) is 9.85. The molecule has 0 radical (unpaired) electrons. The van der Waals surface area contributed by atoms with Crippen molar-refractivity contribution in [2.75, 3.05) is 26.2 Å². The van der Waals surface area contributed by atoms with E-state index in [2.05, 4.69) is 0 Å². The number of benzene rings is 1. The van der Waals surface area contributed by atoms with Crippen molar-refractivity contribution < 1.29 is 39.6 Å². The first-order valence-corrected chi connectivity index (χ1v) is 11.8. The van der Waals surface area contributed by atoms with Crippen molar-refractivity contribution >= 4 is 29.1 Å². The third-order valence-electron chi connectivity index (χ3n) is 8.05. The van der Waals surface area contributed by atoms with Crippen molar-refractivity contribution in [2.45, 2.75) is 31.4 Å². The Kier molecular flexibility index (Phi) is 5.45. The van der Waals surface area contributed by atoms with Crippen LogP contribution < -0.4 is 5.73 Å². The second kappa shape index (κ2) is 8.17. The van der Waals surface area contributed by atoms with Gasteiger partial charge in [-0.2, -0.15) is 0 Å². The summed E-state index contributed by atoms with van der Waals surface area (Å²) in [4.78, 5) is 54.6. The average molecular weight is 498 g/mol. The number of nitrogens with zero attached hydrogens (tertiary/aromatic N) is 2. The normalized spacial score (nSPS) is 30.6. The summed E-state index contributed by atoms with van der Waals surface area (Å²) in [6.07, 6.45) is 0.295. The monoisotopic (exact) mass is 497 g/mol. The van der Waals surface area contributed by atoms with Crippen LogP contribution in [0.4, 0.5) is 0 Å². The molecule has 2 amide bonds. The molecule has 2 fully saturated rings. The van der Waals surface area contributed by atoms with Crippen LogP contribution in [0.25, 0.3) is 5.76 Å². The summed E-state index contributed by atoms with van der Waals surface area (Å²) >= 11 is 0. The topological polar surface area (TPSA) is 182 Å². The number of carbonyl (C=O) groups is 4. The van der Waals surface area contributed by atoms with Crippen molar-refractivity contribution in [3.05, 3.63) is 46.2 Å². The number of ketones is 2. The first-order chi connectivity index (χ1) is 17.0. The molecule has 0 bridgehead atoms. The highest BCUT2D eigenvalue weighted by Gasteiger charge is 2.64. The Labute approximate surface area is 206 Å². The summed E-state index contributed by atoms with van der Waals surface area (Å²) in [6, 6.07) is 3.53. The van der Waals surface area contributed by atoms with Gasteiger partial charge >= 0.3 is 0 Å². The van der Waals surface area contributed by atoms with Gasteiger partial charge in [-0.3, -0.25) is 24.1 Å². The maximum atomic E-state index is 13.8. The Balaban J connectivity index is 1.64. The van der Waals surface area contributed by atoms with Gasteiger partial charge < -0.3 is 31.1 Å². The number of fused-ring (bicyclic) bond motifs is 3. The first-order valence-electron chi connectivity index (χ1n) is 11.8. The molecule has 1 aliphatic heterocycles. The minimum Gasteiger partial charge on any atom is -0.508 e. The molecular formula is C25H27N3O8. The Morgan fingerprint density at radius 3 is 2.36 bits per heavy atom. The maximum Gasteiger partial charge on any atom is 0.255 e. The van der Waals surface area contributed by atoms with Gasteiger partial charge in [0.1, 0.15) is 22.8 Å². The van der Waals surface area contributed by atoms with Crippen LogP contribution in [-0.4, -0.2) is 91.4 Å². The van der Waals surface area contributed by atoms with E-state index in [1.54, 1.807) is 21.9 Å². The SMILES string of the molecule is CC(=O)N1CCN(C2C(=O)C(C(N)=O)=C(O)C3(O)C(=O)C4=C(O)c5c(O)cccc5CC4CC23)CC1. The van der Waals surface area contributed by atoms with Gasteiger partial charge in [0.15, 0.2) is 11.4 Å². The van der Waals surface area contributed by atoms with Crippen LogP contribution in [-0.2, 0) is 25.6 Å². The third-order valence-corrected chi connectivity index (χ3v) is 8.05. The van der Waals surface area contributed by atoms with Gasteiger partial charge in [-0.15, -0.1) is 0 Å². The molecule has 1 aromatic carbocycles. The number of carbonyl (C=O) groups excluding carboxylic acids is 4. The largest absolute Gasteiger partial charge is 0.508 e. The zero-order valence-electron chi connectivity index (χ0n) is 19.6. The Morgan fingerprint density at radius 2 is 1.75 bits per heavy atom. The Hall–Kier alpha value is -3.70. The van der Waals surface area contributed by atoms with E-state index in [1.807, 2.05) is 0 Å². The summed E-state index contributed by atoms with van der Waals surface area (Å²) in [5.74, 6) is -6.83. The number of aliphatic hydroxyl groups is 3. The van der Waals surface area contributed by atoms with Gasteiger partial charge in [-0.25, -0.2) is 0 Å². The number of piperazine rings is 1. The van der Waals surface area contributed by atoms with Gasteiger partial charge in [0.25, 0.3) is 5.91 Å². The zero-order valence-corrected chi connectivity index (χ0v) is 19.6. The van der Waals surface area contributed by atoms with Crippen LogP contribution in [0.2, 0.25) is 0 Å². The molecule has 11 nitrogen and oxygen atoms in total. The molecule has 11 heteroatoms. The van der Waals surface area contributed by atoms with E-state index >= 15 is 0 Å². The van der Waals surface area contributed by atoms with Crippen molar-refractivity contribution in [1.82, 2.24) is 9.80 Å². The number of phenolic OH excluding ortho intramolecular Hbond substituents is 1. The molecule has 36 heavy (non-hydrogen) atoms. The maximum absolute atomic E-state index is 13.8. The Bertz CT molecular complexity index is 1280. The minimum atomic E-state index is -2.68. The molecule has 1 aromatic rings. The standard InChI is InChI=1S/C25H27N3O8/c1-11(29)27-5-7-28(8-6-27)19-14-10-13-9-12-3-2-4-15(30)16(12)20(31)17(13)22(33)25(14,36)23(34)18(21(19)32)24(26)35/h2-4,13-14,19,30-31,34,36H,5-10H2,1H3,(H2,26,35). The second-order valence-electron chi connectivity index (χ2n) is 9.85. The molecule has 4 unspecified atom stereocenters. The minimum absolute atomic E-state index is 0.0379. The molecule has 0 spiro atoms. The number of rotatable bonds is 2. The van der Waals surface area contributed by atoms with Crippen molar-refractivity contribution in [1.29, 1.82) is 0 Å². The molecule has 4 aliphatic rings. The molecule has 5 rings (SSSR count). The molecule has 6 N–H and O–H groups in total. The predicted octanol–water partition coefficient (Wildman–Crippen LogP) is -0.433. The highest BCUT2D eigenvalue weighted by Crippen LogP contribution is 2.52. The number of nitrogens with two attached hydrogens (primary N) is 1. The van der Waals surface area contributed by atoms with Crippen LogP contribution in [0.1, 0.15) is 24.5 Å². The summed E-state index contributed by atoms with van der Waals surface area (Å²) in [5, 5.41) is 44.0. The van der Waals surface area contributed by atoms with Crippen molar-refractivity contribution in [3.8, 4) is 5.75 Å². The van der Waals surface area contributed by atoms with Crippen LogP contribution >= 0.6 is 0 Å². The molecular weight excluding hydrogens is 470 g/mol. The zero-order chi connectivity index (χ0) is 26.1. The van der Waals surface area contributed by atoms with Crippen molar-refractivity contribution in [2.24, 2.45) is 17.6 Å². The van der Waals surface area contributed by atoms with Gasteiger partial charge in [0, 0.05) is 44.6 Å². The van der Waals surface area contributed by atoms with E-state index in [1.165, 1.54) is 13.0 Å². The molecule has 3 aliphatic carbocycles. The summed E-state index contributed by atoms with van der Waals surface area (Å²) in [5.41, 5.74) is 2.38. The fourth-order valence-electron chi connectivity index (χ4n) is 6.32. The lowest BCUT2D eigenvalue weighted by molar-refractivity contribution is -0.156. The lowest BCUT2D eigenvalue weighted by atomic mass is 9.57. The molecule has 190 valence electrons. The number of hydrogen-bond acceptors (Lipinski definition) is 9. The number of hydrogen-bond donors (Lipinski definition) is 5. The van der Waals surface area contributed by atoms with E-state index in [9.17, 15) is 39.6 Å². The number of aliphatic hydroxyl groups excluding tert-OH is 2. The summed E-state index contributed by atoms with van der Waals surface area (Å²) in [7, 11) is 0. The highest BCUT2D eigenvalue weighted by atomic mass is 16.3. The number of amides is 2. The fourth-order valence-corrected chi connectivity index (χ4v) is 6.32. The smallest absolute Gasteiger partial charge is 0.255 e. The summed E-state index contributed by atoms with van der Waals surface area (Å²) < 4.78 is 0.